The highest BCUT2D eigenvalue weighted by Gasteiger charge is 2.34. The van der Waals surface area contributed by atoms with Crippen LogP contribution in [0.2, 0.25) is 0 Å². The highest BCUT2D eigenvalue weighted by molar-refractivity contribution is 6.02. The highest BCUT2D eigenvalue weighted by Crippen LogP contribution is 2.22. The van der Waals surface area contributed by atoms with E-state index in [1.807, 2.05) is 0 Å². The van der Waals surface area contributed by atoms with E-state index in [-0.39, 0.29) is 18.0 Å². The molecule has 0 aromatic heterocycles. The lowest BCUT2D eigenvalue weighted by atomic mass is 10.3. The molecule has 0 aliphatic carbocycles. The fraction of sp³-hybridized carbons (Fsp3) is 0.111. The summed E-state index contributed by atoms with van der Waals surface area (Å²) in [6.07, 6.45) is 5.76. The Labute approximate surface area is 145 Å². The van der Waals surface area contributed by atoms with Crippen LogP contribution in [0, 0.1) is 5.82 Å². The van der Waals surface area contributed by atoms with Crippen molar-refractivity contribution in [1.82, 2.24) is 9.80 Å². The standard InChI is InChI=1S/C18H18FN3O3/c1-4-7-14(5-2)21-10-11-22(18(21)24)17(23)20-13-8-9-16(25-6-3)15(19)12-13/h4-9,12H,1-3,10-11H2,(H,20,23)/b14-7+. The summed E-state index contributed by atoms with van der Waals surface area (Å²) in [6, 6.07) is 2.78. The van der Waals surface area contributed by atoms with Crippen molar-refractivity contribution in [3.63, 3.8) is 0 Å². The van der Waals surface area contributed by atoms with Crippen molar-refractivity contribution in [3.05, 3.63) is 73.9 Å². The average Bonchev–Trinajstić information content (AvgIpc) is 2.97. The third-order valence-corrected chi connectivity index (χ3v) is 3.46. The van der Waals surface area contributed by atoms with Gasteiger partial charge < -0.3 is 10.1 Å². The number of carbonyl (C=O) groups excluding carboxylic acids is 2. The molecule has 2 rings (SSSR count). The van der Waals surface area contributed by atoms with Crippen molar-refractivity contribution in [2.45, 2.75) is 0 Å². The number of hydrogen-bond acceptors (Lipinski definition) is 3. The molecule has 25 heavy (non-hydrogen) atoms. The Morgan fingerprint density at radius 3 is 2.56 bits per heavy atom. The van der Waals surface area contributed by atoms with Gasteiger partial charge in [-0.1, -0.05) is 25.8 Å². The molecule has 4 amide bonds. The summed E-state index contributed by atoms with van der Waals surface area (Å²) in [4.78, 5) is 27.1. The Morgan fingerprint density at radius 2 is 1.96 bits per heavy atom. The number of benzene rings is 1. The molecular weight excluding hydrogens is 325 g/mol. The number of urea groups is 2. The van der Waals surface area contributed by atoms with Crippen LogP contribution in [0.4, 0.5) is 19.7 Å². The number of nitrogens with zero attached hydrogens (tertiary/aromatic N) is 2. The first-order chi connectivity index (χ1) is 12.0. The molecule has 130 valence electrons. The molecule has 1 N–H and O–H groups in total. The van der Waals surface area contributed by atoms with E-state index in [4.69, 9.17) is 4.74 Å². The molecule has 1 aliphatic heterocycles. The van der Waals surface area contributed by atoms with Crippen molar-refractivity contribution in [1.29, 1.82) is 0 Å². The van der Waals surface area contributed by atoms with E-state index in [9.17, 15) is 14.0 Å². The molecule has 7 heteroatoms. The molecule has 0 saturated carbocycles. The number of amides is 4. The number of hydrogen-bond donors (Lipinski definition) is 1. The fourth-order valence-electron chi connectivity index (χ4n) is 2.31. The zero-order valence-electron chi connectivity index (χ0n) is 13.6. The van der Waals surface area contributed by atoms with Crippen LogP contribution in [0.25, 0.3) is 0 Å². The van der Waals surface area contributed by atoms with Gasteiger partial charge in [0.1, 0.15) is 0 Å². The highest BCUT2D eigenvalue weighted by atomic mass is 19.1. The van der Waals surface area contributed by atoms with Crippen LogP contribution in [0.3, 0.4) is 0 Å². The van der Waals surface area contributed by atoms with E-state index < -0.39 is 17.9 Å². The SMILES string of the molecule is C=C/C=C(\C=C)N1CCN(C(=O)Nc2ccc(OC=C)c(F)c2)C1=O. The molecule has 0 radical (unpaired) electrons. The number of nitrogens with one attached hydrogen (secondary N) is 1. The van der Waals surface area contributed by atoms with E-state index in [1.165, 1.54) is 29.2 Å². The van der Waals surface area contributed by atoms with Crippen molar-refractivity contribution in [2.24, 2.45) is 0 Å². The number of imide groups is 1. The van der Waals surface area contributed by atoms with Crippen molar-refractivity contribution in [3.8, 4) is 5.75 Å². The van der Waals surface area contributed by atoms with Gasteiger partial charge in [0.15, 0.2) is 11.6 Å². The lowest BCUT2D eigenvalue weighted by Gasteiger charge is -2.18. The van der Waals surface area contributed by atoms with Crippen LogP contribution in [-0.2, 0) is 0 Å². The molecule has 1 fully saturated rings. The van der Waals surface area contributed by atoms with Gasteiger partial charge in [-0.05, 0) is 24.3 Å². The second-order valence-electron chi connectivity index (χ2n) is 4.98. The molecular formula is C18H18FN3O3. The van der Waals surface area contributed by atoms with Crippen molar-refractivity contribution >= 4 is 17.7 Å². The van der Waals surface area contributed by atoms with Gasteiger partial charge in [-0.2, -0.15) is 0 Å². The molecule has 0 unspecified atom stereocenters. The Balaban J connectivity index is 2.09. The Morgan fingerprint density at radius 1 is 1.24 bits per heavy atom. The van der Waals surface area contributed by atoms with Gasteiger partial charge in [0.25, 0.3) is 0 Å². The predicted octanol–water partition coefficient (Wildman–Crippen LogP) is 3.87. The third kappa shape index (κ3) is 3.95. The first-order valence-electron chi connectivity index (χ1n) is 7.44. The summed E-state index contributed by atoms with van der Waals surface area (Å²) in [7, 11) is 0. The molecule has 0 bridgehead atoms. The molecule has 1 saturated heterocycles. The number of halogens is 1. The Hall–Kier alpha value is -3.35. The van der Waals surface area contributed by atoms with Crippen molar-refractivity contribution in [2.75, 3.05) is 18.4 Å². The van der Waals surface area contributed by atoms with Crippen LogP contribution in [0.15, 0.2) is 68.1 Å². The lowest BCUT2D eigenvalue weighted by Crippen LogP contribution is -2.38. The quantitative estimate of drug-likeness (QED) is 0.630. The smallest absolute Gasteiger partial charge is 0.332 e. The normalized spacial score (nSPS) is 14.3. The lowest BCUT2D eigenvalue weighted by molar-refractivity contribution is 0.197. The number of carbonyl (C=O) groups is 2. The van der Waals surface area contributed by atoms with Gasteiger partial charge in [-0.25, -0.2) is 18.9 Å². The summed E-state index contributed by atoms with van der Waals surface area (Å²) < 4.78 is 18.7. The Kier molecular flexibility index (Phi) is 5.73. The number of allylic oxidation sites excluding steroid dienone is 3. The van der Waals surface area contributed by atoms with E-state index in [0.29, 0.717) is 12.2 Å². The zero-order chi connectivity index (χ0) is 18.4. The minimum atomic E-state index is -0.657. The van der Waals surface area contributed by atoms with Gasteiger partial charge in [-0.3, -0.25) is 4.90 Å². The summed E-state index contributed by atoms with van der Waals surface area (Å²) in [5.41, 5.74) is 0.753. The minimum Gasteiger partial charge on any atom is -0.463 e. The van der Waals surface area contributed by atoms with Crippen LogP contribution in [0.1, 0.15) is 0 Å². The molecule has 6 nitrogen and oxygen atoms in total. The molecule has 0 spiro atoms. The average molecular weight is 343 g/mol. The van der Waals surface area contributed by atoms with Gasteiger partial charge in [0, 0.05) is 24.0 Å². The number of anilines is 1. The zero-order valence-corrected chi connectivity index (χ0v) is 13.6. The molecule has 1 aromatic rings. The maximum absolute atomic E-state index is 13.8. The fourth-order valence-corrected chi connectivity index (χ4v) is 2.31. The number of rotatable bonds is 6. The molecule has 1 heterocycles. The van der Waals surface area contributed by atoms with E-state index >= 15 is 0 Å². The summed E-state index contributed by atoms with van der Waals surface area (Å²) in [5.74, 6) is -0.670. The number of ether oxygens (including phenoxy) is 1. The van der Waals surface area contributed by atoms with E-state index in [1.54, 1.807) is 6.08 Å². The van der Waals surface area contributed by atoms with Crippen LogP contribution < -0.4 is 10.1 Å². The van der Waals surface area contributed by atoms with Gasteiger partial charge >= 0.3 is 12.1 Å². The van der Waals surface area contributed by atoms with Gasteiger partial charge in [0.2, 0.25) is 0 Å². The predicted molar refractivity (Wildman–Crippen MR) is 93.5 cm³/mol. The van der Waals surface area contributed by atoms with Crippen LogP contribution >= 0.6 is 0 Å². The van der Waals surface area contributed by atoms with Gasteiger partial charge in [-0.15, -0.1) is 0 Å². The topological polar surface area (TPSA) is 61.9 Å². The van der Waals surface area contributed by atoms with E-state index in [2.05, 4.69) is 25.1 Å². The van der Waals surface area contributed by atoms with Crippen LogP contribution in [-0.4, -0.2) is 35.0 Å². The van der Waals surface area contributed by atoms with Crippen molar-refractivity contribution < 1.29 is 18.7 Å². The van der Waals surface area contributed by atoms with Gasteiger partial charge in [0.05, 0.1) is 12.8 Å². The summed E-state index contributed by atoms with van der Waals surface area (Å²) >= 11 is 0. The second-order valence-corrected chi connectivity index (χ2v) is 4.98. The maximum Gasteiger partial charge on any atom is 0.332 e. The summed E-state index contributed by atoms with van der Waals surface area (Å²) in [5, 5.41) is 2.49. The minimum absolute atomic E-state index is 0.0124. The summed E-state index contributed by atoms with van der Waals surface area (Å²) in [6.45, 7) is 11.1. The maximum atomic E-state index is 13.8. The second kappa shape index (κ2) is 7.96. The molecule has 1 aromatic carbocycles. The molecule has 1 aliphatic rings. The largest absolute Gasteiger partial charge is 0.463 e. The van der Waals surface area contributed by atoms with E-state index in [0.717, 1.165) is 17.2 Å². The monoisotopic (exact) mass is 343 g/mol. The van der Waals surface area contributed by atoms with Crippen LogP contribution in [0.5, 0.6) is 5.75 Å². The molecule has 0 atom stereocenters. The Bertz CT molecular complexity index is 758. The third-order valence-electron chi connectivity index (χ3n) is 3.46. The first-order valence-corrected chi connectivity index (χ1v) is 7.44. The first kappa shape index (κ1) is 18.0.